The van der Waals surface area contributed by atoms with Crippen molar-refractivity contribution in [1.82, 2.24) is 0 Å². The van der Waals surface area contributed by atoms with Crippen molar-refractivity contribution < 1.29 is 80.2 Å². The van der Waals surface area contributed by atoms with Gasteiger partial charge in [0, 0.05) is 25.7 Å². The molecule has 97 heavy (non-hydrogen) atoms. The first-order chi connectivity index (χ1) is 47.0. The van der Waals surface area contributed by atoms with E-state index in [1.54, 1.807) is 0 Å². The van der Waals surface area contributed by atoms with Crippen LogP contribution < -0.4 is 0 Å². The van der Waals surface area contributed by atoms with E-state index in [1.807, 2.05) is 0 Å². The molecule has 0 aromatic carbocycles. The largest absolute Gasteiger partial charge is 0.472 e. The average Bonchev–Trinajstić information content (AvgIpc) is 1.04. The van der Waals surface area contributed by atoms with Crippen LogP contribution in [0.3, 0.4) is 0 Å². The Labute approximate surface area is 594 Å². The maximum Gasteiger partial charge on any atom is 0.472 e. The van der Waals surface area contributed by atoms with Gasteiger partial charge in [0.25, 0.3) is 0 Å². The van der Waals surface area contributed by atoms with Gasteiger partial charge in [0.2, 0.25) is 0 Å². The van der Waals surface area contributed by atoms with E-state index in [-0.39, 0.29) is 25.7 Å². The topological polar surface area (TPSA) is 237 Å². The van der Waals surface area contributed by atoms with Crippen LogP contribution in [-0.2, 0) is 65.4 Å². The molecule has 0 bridgehead atoms. The monoisotopic (exact) mass is 1420 g/mol. The molecule has 0 aliphatic rings. The SMILES string of the molecule is CCCCCCCCCCCCCCCCCCCC(=O)O[C@H](COC(=O)CCCCCCCCCCCCCCCCCC)COP(=O)(O)OC[C@@H](O)COP(=O)(O)OC[C@@H](COC(=O)CCCCCCCCCC(C)C)OC(=O)CCCCCCCCCCCCCCCC. The summed E-state index contributed by atoms with van der Waals surface area (Å²) in [4.78, 5) is 72.9. The van der Waals surface area contributed by atoms with E-state index in [2.05, 4.69) is 34.6 Å². The number of aliphatic hydroxyl groups is 1. The lowest BCUT2D eigenvalue weighted by atomic mass is 10.0. The minimum atomic E-state index is -4.96. The first-order valence-electron chi connectivity index (χ1n) is 40.6. The number of hydrogen-bond donors (Lipinski definition) is 3. The quantitative estimate of drug-likeness (QED) is 0.0222. The molecule has 0 spiro atoms. The van der Waals surface area contributed by atoms with E-state index in [4.69, 9.17) is 37.0 Å². The highest BCUT2D eigenvalue weighted by Gasteiger charge is 2.30. The van der Waals surface area contributed by atoms with Crippen LogP contribution in [0.4, 0.5) is 0 Å². The zero-order valence-electron chi connectivity index (χ0n) is 63.2. The molecule has 2 unspecified atom stereocenters. The minimum absolute atomic E-state index is 0.108. The molecule has 5 atom stereocenters. The summed E-state index contributed by atoms with van der Waals surface area (Å²) in [5.41, 5.74) is 0. The molecule has 19 heteroatoms. The maximum atomic E-state index is 13.1. The Hall–Kier alpha value is -1.94. The van der Waals surface area contributed by atoms with Gasteiger partial charge in [-0.3, -0.25) is 37.3 Å². The van der Waals surface area contributed by atoms with Crippen LogP contribution in [0.2, 0.25) is 0 Å². The van der Waals surface area contributed by atoms with Crippen molar-refractivity contribution in [1.29, 1.82) is 0 Å². The van der Waals surface area contributed by atoms with Crippen LogP contribution in [0.25, 0.3) is 0 Å². The molecule has 0 fully saturated rings. The van der Waals surface area contributed by atoms with Gasteiger partial charge in [-0.15, -0.1) is 0 Å². The van der Waals surface area contributed by atoms with Gasteiger partial charge >= 0.3 is 39.5 Å². The summed E-state index contributed by atoms with van der Waals surface area (Å²) in [5, 5.41) is 10.6. The van der Waals surface area contributed by atoms with Crippen LogP contribution in [0.15, 0.2) is 0 Å². The Balaban J connectivity index is 5.24. The third-order valence-electron chi connectivity index (χ3n) is 18.3. The second kappa shape index (κ2) is 71.1. The molecule has 0 aliphatic carbocycles. The molecule has 0 amide bonds. The Morgan fingerprint density at radius 1 is 0.278 bits per heavy atom. The number of unbranched alkanes of at least 4 members (excludes halogenated alkanes) is 50. The molecule has 0 aromatic heterocycles. The van der Waals surface area contributed by atoms with Crippen LogP contribution in [0, 0.1) is 5.92 Å². The Morgan fingerprint density at radius 2 is 0.474 bits per heavy atom. The maximum absolute atomic E-state index is 13.1. The summed E-state index contributed by atoms with van der Waals surface area (Å²) in [6, 6.07) is 0. The van der Waals surface area contributed by atoms with Crippen molar-refractivity contribution in [3.63, 3.8) is 0 Å². The molecular formula is C78H152O17P2. The van der Waals surface area contributed by atoms with Crippen LogP contribution >= 0.6 is 15.6 Å². The van der Waals surface area contributed by atoms with Crippen LogP contribution in [0.5, 0.6) is 0 Å². The zero-order valence-corrected chi connectivity index (χ0v) is 65.0. The third-order valence-corrected chi connectivity index (χ3v) is 20.2. The van der Waals surface area contributed by atoms with Crippen molar-refractivity contribution in [3.05, 3.63) is 0 Å². The number of carbonyl (C=O) groups excluding carboxylic acids is 4. The predicted molar refractivity (Wildman–Crippen MR) is 395 cm³/mol. The minimum Gasteiger partial charge on any atom is -0.462 e. The van der Waals surface area contributed by atoms with Gasteiger partial charge in [0.1, 0.15) is 19.3 Å². The second-order valence-corrected chi connectivity index (χ2v) is 31.5. The summed E-state index contributed by atoms with van der Waals surface area (Å²) < 4.78 is 68.6. The number of phosphoric ester groups is 2. The fraction of sp³-hybridized carbons (Fsp3) is 0.949. The lowest BCUT2D eigenvalue weighted by Crippen LogP contribution is -2.30. The molecule has 3 N–H and O–H groups in total. The van der Waals surface area contributed by atoms with Gasteiger partial charge in [-0.1, -0.05) is 362 Å². The summed E-state index contributed by atoms with van der Waals surface area (Å²) in [6.45, 7) is 7.26. The number of esters is 4. The van der Waals surface area contributed by atoms with Crippen molar-refractivity contribution in [3.8, 4) is 0 Å². The van der Waals surface area contributed by atoms with Gasteiger partial charge in [0.05, 0.1) is 26.4 Å². The smallest absolute Gasteiger partial charge is 0.462 e. The van der Waals surface area contributed by atoms with Crippen molar-refractivity contribution in [2.75, 3.05) is 39.6 Å². The number of ether oxygens (including phenoxy) is 4. The number of rotatable bonds is 78. The van der Waals surface area contributed by atoms with Crippen molar-refractivity contribution in [2.45, 2.75) is 432 Å². The fourth-order valence-corrected chi connectivity index (χ4v) is 13.6. The van der Waals surface area contributed by atoms with Gasteiger partial charge < -0.3 is 33.8 Å². The van der Waals surface area contributed by atoms with Crippen molar-refractivity contribution >= 4 is 39.5 Å². The van der Waals surface area contributed by atoms with Gasteiger partial charge in [-0.25, -0.2) is 9.13 Å². The first-order valence-corrected chi connectivity index (χ1v) is 43.6. The average molecular weight is 1420 g/mol. The molecule has 0 aromatic rings. The molecule has 0 aliphatic heterocycles. The lowest BCUT2D eigenvalue weighted by Gasteiger charge is -2.21. The second-order valence-electron chi connectivity index (χ2n) is 28.6. The summed E-state index contributed by atoms with van der Waals surface area (Å²) in [7, 11) is -9.91. The number of phosphoric acid groups is 2. The normalized spacial score (nSPS) is 13.9. The number of carbonyl (C=O) groups is 4. The molecule has 0 heterocycles. The van der Waals surface area contributed by atoms with Gasteiger partial charge in [-0.2, -0.15) is 0 Å². The summed E-state index contributed by atoms with van der Waals surface area (Å²) >= 11 is 0. The Morgan fingerprint density at radius 3 is 0.701 bits per heavy atom. The number of aliphatic hydroxyl groups excluding tert-OH is 1. The standard InChI is InChI=1S/C78H152O17P2/c1-6-9-12-15-18-21-24-27-30-32-34-37-40-43-48-54-59-64-77(82)94-73(67-88-75(80)61-56-51-46-41-38-36-33-31-28-25-22-19-16-13-10-7-2)69-92-96(84,85)90-65-72(79)66-91-97(86,87)93-70-74(68-89-76(81)62-57-52-49-44-45-50-55-60-71(4)5)95-78(83)63-58-53-47-42-39-35-29-26-23-20-17-14-11-8-3/h71-74,79H,6-70H2,1-5H3,(H,84,85)(H,86,87)/t72-,73-,74-/m1/s1. The van der Waals surface area contributed by atoms with E-state index < -0.39 is 97.5 Å². The third kappa shape index (κ3) is 72.2. The summed E-state index contributed by atoms with van der Waals surface area (Å²) in [6.07, 6.45) is 61.0. The Bertz CT molecular complexity index is 1860. The first kappa shape index (κ1) is 95.1. The molecule has 0 rings (SSSR count). The molecule has 0 saturated carbocycles. The van der Waals surface area contributed by atoms with E-state index in [1.165, 1.54) is 231 Å². The van der Waals surface area contributed by atoms with E-state index in [9.17, 15) is 43.2 Å². The molecule has 0 saturated heterocycles. The summed E-state index contributed by atoms with van der Waals surface area (Å²) in [5.74, 6) is -1.40. The van der Waals surface area contributed by atoms with E-state index in [0.29, 0.717) is 31.6 Å². The molecular weight excluding hydrogens is 1270 g/mol. The molecule has 576 valence electrons. The van der Waals surface area contributed by atoms with Gasteiger partial charge in [0.15, 0.2) is 12.2 Å². The zero-order chi connectivity index (χ0) is 71.2. The van der Waals surface area contributed by atoms with Crippen LogP contribution in [-0.4, -0.2) is 96.7 Å². The fourth-order valence-electron chi connectivity index (χ4n) is 12.1. The van der Waals surface area contributed by atoms with E-state index >= 15 is 0 Å². The highest BCUT2D eigenvalue weighted by molar-refractivity contribution is 7.47. The van der Waals surface area contributed by atoms with Gasteiger partial charge in [-0.05, 0) is 31.6 Å². The van der Waals surface area contributed by atoms with E-state index in [0.717, 1.165) is 96.3 Å². The highest BCUT2D eigenvalue weighted by atomic mass is 31.2. The predicted octanol–water partition coefficient (Wildman–Crippen LogP) is 23.3. The molecule has 17 nitrogen and oxygen atoms in total. The van der Waals surface area contributed by atoms with Crippen molar-refractivity contribution in [2.24, 2.45) is 5.92 Å². The lowest BCUT2D eigenvalue weighted by molar-refractivity contribution is -0.161. The molecule has 0 radical (unpaired) electrons. The highest BCUT2D eigenvalue weighted by Crippen LogP contribution is 2.45. The number of hydrogen-bond acceptors (Lipinski definition) is 15. The van der Waals surface area contributed by atoms with Crippen LogP contribution in [0.1, 0.15) is 413 Å². The Kier molecular flexibility index (Phi) is 69.6.